The lowest BCUT2D eigenvalue weighted by atomic mass is 10.2. The van der Waals surface area contributed by atoms with E-state index < -0.39 is 0 Å². The minimum Gasteiger partial charge on any atom is -0.341 e. The number of H-pyrrole nitrogens is 1. The topological polar surface area (TPSA) is 40.7 Å². The molecule has 2 rings (SSSR count). The summed E-state index contributed by atoms with van der Waals surface area (Å²) in [5.41, 5.74) is 1.92. The standard InChI is InChI=1S/C12H14FN3/c1-2-14-7-11-8-15-12(16-11)9-3-5-10(13)6-4-9/h3-6,8,14H,2,7H2,1H3,(H,15,16). The molecule has 0 fully saturated rings. The van der Waals surface area contributed by atoms with Crippen LogP contribution in [0, 0.1) is 5.82 Å². The van der Waals surface area contributed by atoms with E-state index in [9.17, 15) is 4.39 Å². The SMILES string of the molecule is CCNCc1cnc(-c2ccc(F)cc2)[nH]1. The number of halogens is 1. The van der Waals surface area contributed by atoms with Crippen molar-refractivity contribution in [3.05, 3.63) is 42.0 Å². The summed E-state index contributed by atoms with van der Waals surface area (Å²) >= 11 is 0. The zero-order valence-corrected chi connectivity index (χ0v) is 9.13. The molecule has 0 aliphatic carbocycles. The van der Waals surface area contributed by atoms with E-state index in [0.717, 1.165) is 30.2 Å². The quantitative estimate of drug-likeness (QED) is 0.828. The molecule has 0 bridgehead atoms. The second-order valence-corrected chi connectivity index (χ2v) is 3.54. The summed E-state index contributed by atoms with van der Waals surface area (Å²) in [5, 5.41) is 3.21. The van der Waals surface area contributed by atoms with Crippen molar-refractivity contribution in [1.29, 1.82) is 0 Å². The van der Waals surface area contributed by atoms with Crippen molar-refractivity contribution in [3.8, 4) is 11.4 Å². The van der Waals surface area contributed by atoms with Gasteiger partial charge in [-0.05, 0) is 30.8 Å². The molecule has 0 unspecified atom stereocenters. The van der Waals surface area contributed by atoms with Crippen LogP contribution in [-0.4, -0.2) is 16.5 Å². The molecule has 16 heavy (non-hydrogen) atoms. The molecular weight excluding hydrogens is 205 g/mol. The number of aromatic amines is 1. The van der Waals surface area contributed by atoms with Crippen molar-refractivity contribution >= 4 is 0 Å². The summed E-state index contributed by atoms with van der Waals surface area (Å²) in [6, 6.07) is 6.29. The first-order valence-electron chi connectivity index (χ1n) is 5.30. The summed E-state index contributed by atoms with van der Waals surface area (Å²) in [6.45, 7) is 3.74. The number of hydrogen-bond donors (Lipinski definition) is 2. The van der Waals surface area contributed by atoms with E-state index in [2.05, 4.69) is 22.2 Å². The van der Waals surface area contributed by atoms with Crippen LogP contribution in [0.1, 0.15) is 12.6 Å². The molecule has 0 amide bonds. The largest absolute Gasteiger partial charge is 0.341 e. The van der Waals surface area contributed by atoms with Gasteiger partial charge in [-0.1, -0.05) is 6.92 Å². The highest BCUT2D eigenvalue weighted by Crippen LogP contribution is 2.15. The third-order valence-corrected chi connectivity index (χ3v) is 2.31. The van der Waals surface area contributed by atoms with Gasteiger partial charge < -0.3 is 10.3 Å². The molecule has 2 aromatic rings. The summed E-state index contributed by atoms with van der Waals surface area (Å²) in [4.78, 5) is 7.44. The number of nitrogens with zero attached hydrogens (tertiary/aromatic N) is 1. The Bertz CT molecular complexity index is 448. The van der Waals surface area contributed by atoms with Gasteiger partial charge in [-0.25, -0.2) is 9.37 Å². The number of benzene rings is 1. The number of imidazole rings is 1. The zero-order valence-electron chi connectivity index (χ0n) is 9.13. The van der Waals surface area contributed by atoms with Crippen LogP contribution >= 0.6 is 0 Å². The van der Waals surface area contributed by atoms with Crippen LogP contribution < -0.4 is 5.32 Å². The number of hydrogen-bond acceptors (Lipinski definition) is 2. The molecule has 1 aromatic heterocycles. The molecule has 0 radical (unpaired) electrons. The van der Waals surface area contributed by atoms with Gasteiger partial charge in [0.2, 0.25) is 0 Å². The Balaban J connectivity index is 2.15. The first-order valence-corrected chi connectivity index (χ1v) is 5.30. The Hall–Kier alpha value is -1.68. The Labute approximate surface area is 93.7 Å². The molecule has 0 spiro atoms. The van der Waals surface area contributed by atoms with Gasteiger partial charge in [-0.15, -0.1) is 0 Å². The smallest absolute Gasteiger partial charge is 0.137 e. The highest BCUT2D eigenvalue weighted by molar-refractivity contribution is 5.54. The van der Waals surface area contributed by atoms with Crippen LogP contribution in [-0.2, 0) is 6.54 Å². The molecule has 2 N–H and O–H groups in total. The molecule has 0 saturated carbocycles. The van der Waals surface area contributed by atoms with Gasteiger partial charge in [-0.3, -0.25) is 0 Å². The minimum absolute atomic E-state index is 0.233. The molecule has 0 aliphatic rings. The van der Waals surface area contributed by atoms with E-state index in [0.29, 0.717) is 0 Å². The van der Waals surface area contributed by atoms with E-state index in [1.807, 2.05) is 0 Å². The van der Waals surface area contributed by atoms with Gasteiger partial charge in [0.25, 0.3) is 0 Å². The molecule has 0 aliphatic heterocycles. The summed E-state index contributed by atoms with van der Waals surface area (Å²) < 4.78 is 12.7. The van der Waals surface area contributed by atoms with Crippen LogP contribution in [0.5, 0.6) is 0 Å². The van der Waals surface area contributed by atoms with Crippen LogP contribution in [0.3, 0.4) is 0 Å². The van der Waals surface area contributed by atoms with E-state index in [4.69, 9.17) is 0 Å². The molecule has 1 aromatic carbocycles. The normalized spacial score (nSPS) is 10.6. The van der Waals surface area contributed by atoms with E-state index in [-0.39, 0.29) is 5.82 Å². The van der Waals surface area contributed by atoms with E-state index in [1.165, 1.54) is 12.1 Å². The fourth-order valence-electron chi connectivity index (χ4n) is 1.46. The minimum atomic E-state index is -0.233. The first-order chi connectivity index (χ1) is 7.79. The Morgan fingerprint density at radius 2 is 2.06 bits per heavy atom. The Morgan fingerprint density at radius 3 is 2.75 bits per heavy atom. The average Bonchev–Trinajstić information content (AvgIpc) is 2.76. The van der Waals surface area contributed by atoms with Crippen LogP contribution in [0.4, 0.5) is 4.39 Å². The van der Waals surface area contributed by atoms with Crippen molar-refractivity contribution < 1.29 is 4.39 Å². The highest BCUT2D eigenvalue weighted by atomic mass is 19.1. The Kier molecular flexibility index (Phi) is 3.31. The van der Waals surface area contributed by atoms with Crippen molar-refractivity contribution in [1.82, 2.24) is 15.3 Å². The lowest BCUT2D eigenvalue weighted by Crippen LogP contribution is -2.11. The Morgan fingerprint density at radius 1 is 1.31 bits per heavy atom. The fraction of sp³-hybridized carbons (Fsp3) is 0.250. The van der Waals surface area contributed by atoms with Gasteiger partial charge in [0.1, 0.15) is 11.6 Å². The van der Waals surface area contributed by atoms with E-state index >= 15 is 0 Å². The first kappa shape index (κ1) is 10.8. The van der Waals surface area contributed by atoms with Crippen LogP contribution in [0.2, 0.25) is 0 Å². The number of rotatable bonds is 4. The molecule has 84 valence electrons. The molecule has 1 heterocycles. The van der Waals surface area contributed by atoms with Crippen molar-refractivity contribution in [2.24, 2.45) is 0 Å². The lowest BCUT2D eigenvalue weighted by Gasteiger charge is -1.98. The summed E-state index contributed by atoms with van der Waals surface area (Å²) in [5.74, 6) is 0.538. The molecule has 0 atom stereocenters. The third-order valence-electron chi connectivity index (χ3n) is 2.31. The fourth-order valence-corrected chi connectivity index (χ4v) is 1.46. The van der Waals surface area contributed by atoms with Crippen LogP contribution in [0.15, 0.2) is 30.5 Å². The molecule has 3 nitrogen and oxygen atoms in total. The van der Waals surface area contributed by atoms with Crippen LogP contribution in [0.25, 0.3) is 11.4 Å². The van der Waals surface area contributed by atoms with Crippen molar-refractivity contribution in [2.75, 3.05) is 6.54 Å². The molecular formula is C12H14FN3. The monoisotopic (exact) mass is 219 g/mol. The maximum atomic E-state index is 12.7. The van der Waals surface area contributed by atoms with Gasteiger partial charge in [0, 0.05) is 24.0 Å². The molecule has 0 saturated heterocycles. The predicted molar refractivity (Wildman–Crippen MR) is 61.4 cm³/mol. The zero-order chi connectivity index (χ0) is 11.4. The second kappa shape index (κ2) is 4.90. The predicted octanol–water partition coefficient (Wildman–Crippen LogP) is 2.33. The van der Waals surface area contributed by atoms with Gasteiger partial charge in [-0.2, -0.15) is 0 Å². The van der Waals surface area contributed by atoms with Gasteiger partial charge in [0.05, 0.1) is 0 Å². The van der Waals surface area contributed by atoms with Gasteiger partial charge in [0.15, 0.2) is 0 Å². The average molecular weight is 219 g/mol. The van der Waals surface area contributed by atoms with Gasteiger partial charge >= 0.3 is 0 Å². The maximum Gasteiger partial charge on any atom is 0.137 e. The van der Waals surface area contributed by atoms with E-state index in [1.54, 1.807) is 18.3 Å². The van der Waals surface area contributed by atoms with Crippen molar-refractivity contribution in [2.45, 2.75) is 13.5 Å². The number of aromatic nitrogens is 2. The lowest BCUT2D eigenvalue weighted by molar-refractivity contribution is 0.628. The second-order valence-electron chi connectivity index (χ2n) is 3.54. The highest BCUT2D eigenvalue weighted by Gasteiger charge is 2.02. The van der Waals surface area contributed by atoms with Crippen molar-refractivity contribution in [3.63, 3.8) is 0 Å². The number of nitrogens with one attached hydrogen (secondary N) is 2. The maximum absolute atomic E-state index is 12.7. The molecule has 4 heteroatoms. The third kappa shape index (κ3) is 2.46. The summed E-state index contributed by atoms with van der Waals surface area (Å²) in [6.07, 6.45) is 1.79. The summed E-state index contributed by atoms with van der Waals surface area (Å²) in [7, 11) is 0.